The van der Waals surface area contributed by atoms with Gasteiger partial charge in [-0.25, -0.2) is 0 Å². The highest BCUT2D eigenvalue weighted by atomic mass is 35.5. The molecule has 2 heteroatoms. The molecule has 0 unspecified atom stereocenters. The third-order valence-corrected chi connectivity index (χ3v) is 4.18. The highest BCUT2D eigenvalue weighted by Gasteiger charge is 2.27. The van der Waals surface area contributed by atoms with Crippen molar-refractivity contribution in [3.05, 3.63) is 34.9 Å². The van der Waals surface area contributed by atoms with Crippen LogP contribution in [0.4, 0.5) is 0 Å². The second-order valence-electron chi connectivity index (χ2n) is 5.50. The molecule has 1 aliphatic carbocycles. The number of benzene rings is 1. The van der Waals surface area contributed by atoms with Gasteiger partial charge in [-0.1, -0.05) is 18.2 Å². The summed E-state index contributed by atoms with van der Waals surface area (Å²) >= 11 is 6.02. The second kappa shape index (κ2) is 5.41. The number of alkyl halides is 1. The molecule has 94 valence electrons. The zero-order chi connectivity index (χ0) is 12.4. The SMILES string of the molecule is Cc1cccc(C)c1CN(C)CC1CC(Cl)C1. The Morgan fingerprint density at radius 1 is 1.24 bits per heavy atom. The Labute approximate surface area is 110 Å². The van der Waals surface area contributed by atoms with Crippen LogP contribution in [0.15, 0.2) is 18.2 Å². The Hall–Kier alpha value is -0.530. The molecule has 2 rings (SSSR count). The lowest BCUT2D eigenvalue weighted by Gasteiger charge is -2.34. The molecule has 1 aliphatic rings. The first-order chi connectivity index (χ1) is 8.06. The molecule has 1 fully saturated rings. The monoisotopic (exact) mass is 251 g/mol. The van der Waals surface area contributed by atoms with Crippen LogP contribution in [0, 0.1) is 19.8 Å². The number of rotatable bonds is 4. The van der Waals surface area contributed by atoms with Gasteiger partial charge in [-0.2, -0.15) is 0 Å². The molecule has 1 saturated carbocycles. The molecule has 0 aromatic heterocycles. The van der Waals surface area contributed by atoms with E-state index in [1.54, 1.807) is 0 Å². The van der Waals surface area contributed by atoms with Gasteiger partial charge in [0.15, 0.2) is 0 Å². The molecule has 0 amide bonds. The fraction of sp³-hybridized carbons (Fsp3) is 0.600. The van der Waals surface area contributed by atoms with Crippen molar-refractivity contribution in [2.75, 3.05) is 13.6 Å². The van der Waals surface area contributed by atoms with Crippen LogP contribution in [0.25, 0.3) is 0 Å². The summed E-state index contributed by atoms with van der Waals surface area (Å²) < 4.78 is 0. The van der Waals surface area contributed by atoms with Crippen molar-refractivity contribution in [2.24, 2.45) is 5.92 Å². The summed E-state index contributed by atoms with van der Waals surface area (Å²) in [6, 6.07) is 6.54. The fourth-order valence-corrected chi connectivity index (χ4v) is 3.18. The Balaban J connectivity index is 1.91. The van der Waals surface area contributed by atoms with Crippen LogP contribution in [0.1, 0.15) is 29.5 Å². The lowest BCUT2D eigenvalue weighted by molar-refractivity contribution is 0.203. The molecule has 0 spiro atoms. The number of hydrogen-bond donors (Lipinski definition) is 0. The molecule has 0 aliphatic heterocycles. The van der Waals surface area contributed by atoms with Crippen LogP contribution in [0.5, 0.6) is 0 Å². The summed E-state index contributed by atoms with van der Waals surface area (Å²) in [5.41, 5.74) is 4.29. The summed E-state index contributed by atoms with van der Waals surface area (Å²) in [7, 11) is 2.22. The molecule has 0 radical (unpaired) electrons. The van der Waals surface area contributed by atoms with Crippen molar-refractivity contribution in [1.82, 2.24) is 4.90 Å². The highest BCUT2D eigenvalue weighted by molar-refractivity contribution is 6.21. The molecule has 0 N–H and O–H groups in total. The van der Waals surface area contributed by atoms with Gasteiger partial charge in [-0.15, -0.1) is 11.6 Å². The molecular formula is C15H22ClN. The van der Waals surface area contributed by atoms with Crippen molar-refractivity contribution in [2.45, 2.75) is 38.6 Å². The molecule has 1 nitrogen and oxygen atoms in total. The van der Waals surface area contributed by atoms with Gasteiger partial charge in [-0.3, -0.25) is 0 Å². The average molecular weight is 252 g/mol. The summed E-state index contributed by atoms with van der Waals surface area (Å²) in [6.07, 6.45) is 2.39. The first kappa shape index (κ1) is 12.9. The first-order valence-corrected chi connectivity index (χ1v) is 6.87. The van der Waals surface area contributed by atoms with E-state index in [9.17, 15) is 0 Å². The van der Waals surface area contributed by atoms with E-state index in [-0.39, 0.29) is 0 Å². The van der Waals surface area contributed by atoms with Gasteiger partial charge < -0.3 is 4.90 Å². The Morgan fingerprint density at radius 3 is 2.35 bits per heavy atom. The lowest BCUT2D eigenvalue weighted by Crippen LogP contribution is -2.34. The van der Waals surface area contributed by atoms with E-state index in [4.69, 9.17) is 11.6 Å². The number of nitrogens with zero attached hydrogens (tertiary/aromatic N) is 1. The van der Waals surface area contributed by atoms with Crippen LogP contribution < -0.4 is 0 Å². The van der Waals surface area contributed by atoms with E-state index in [0.717, 1.165) is 12.5 Å². The second-order valence-corrected chi connectivity index (χ2v) is 6.12. The Kier molecular flexibility index (Phi) is 4.11. The zero-order valence-corrected chi connectivity index (χ0v) is 11.8. The molecule has 0 bridgehead atoms. The van der Waals surface area contributed by atoms with Gasteiger partial charge in [-0.05, 0) is 56.3 Å². The van der Waals surface area contributed by atoms with E-state index in [0.29, 0.717) is 5.38 Å². The third kappa shape index (κ3) is 3.23. The van der Waals surface area contributed by atoms with Gasteiger partial charge >= 0.3 is 0 Å². The maximum absolute atomic E-state index is 6.02. The summed E-state index contributed by atoms with van der Waals surface area (Å²) in [5.74, 6) is 0.812. The van der Waals surface area contributed by atoms with Gasteiger partial charge in [0.05, 0.1) is 0 Å². The molecule has 17 heavy (non-hydrogen) atoms. The van der Waals surface area contributed by atoms with Crippen LogP contribution >= 0.6 is 11.6 Å². The van der Waals surface area contributed by atoms with Crippen LogP contribution in [0.2, 0.25) is 0 Å². The van der Waals surface area contributed by atoms with Gasteiger partial charge in [0, 0.05) is 18.5 Å². The van der Waals surface area contributed by atoms with Crippen molar-refractivity contribution in [1.29, 1.82) is 0 Å². The molecule has 1 aromatic carbocycles. The van der Waals surface area contributed by atoms with Crippen molar-refractivity contribution < 1.29 is 0 Å². The van der Waals surface area contributed by atoms with Crippen LogP contribution in [-0.2, 0) is 6.54 Å². The minimum Gasteiger partial charge on any atom is -0.302 e. The molecule has 1 aromatic rings. The highest BCUT2D eigenvalue weighted by Crippen LogP contribution is 2.32. The normalized spacial score (nSPS) is 23.8. The van der Waals surface area contributed by atoms with E-state index in [1.807, 2.05) is 0 Å². The van der Waals surface area contributed by atoms with E-state index in [1.165, 1.54) is 36.1 Å². The number of halogens is 1. The number of aryl methyl sites for hydroxylation is 2. The molecule has 0 atom stereocenters. The molecule has 0 heterocycles. The van der Waals surface area contributed by atoms with Crippen molar-refractivity contribution in [3.8, 4) is 0 Å². The smallest absolute Gasteiger partial charge is 0.0342 e. The minimum absolute atomic E-state index is 0.439. The van der Waals surface area contributed by atoms with Crippen LogP contribution in [-0.4, -0.2) is 23.9 Å². The van der Waals surface area contributed by atoms with Gasteiger partial charge in [0.2, 0.25) is 0 Å². The quantitative estimate of drug-likeness (QED) is 0.737. The first-order valence-electron chi connectivity index (χ1n) is 6.44. The van der Waals surface area contributed by atoms with E-state index < -0.39 is 0 Å². The zero-order valence-electron chi connectivity index (χ0n) is 11.0. The summed E-state index contributed by atoms with van der Waals surface area (Å²) in [6.45, 7) is 6.64. The van der Waals surface area contributed by atoms with Gasteiger partial charge in [0.1, 0.15) is 0 Å². The van der Waals surface area contributed by atoms with Gasteiger partial charge in [0.25, 0.3) is 0 Å². The maximum atomic E-state index is 6.02. The van der Waals surface area contributed by atoms with Crippen molar-refractivity contribution >= 4 is 11.6 Å². The predicted molar refractivity (Wildman–Crippen MR) is 74.6 cm³/mol. The summed E-state index contributed by atoms with van der Waals surface area (Å²) in [4.78, 5) is 2.43. The summed E-state index contributed by atoms with van der Waals surface area (Å²) in [5, 5.41) is 0.439. The van der Waals surface area contributed by atoms with E-state index >= 15 is 0 Å². The lowest BCUT2D eigenvalue weighted by atomic mass is 9.84. The number of hydrogen-bond acceptors (Lipinski definition) is 1. The molecule has 0 saturated heterocycles. The maximum Gasteiger partial charge on any atom is 0.0342 e. The van der Waals surface area contributed by atoms with Crippen LogP contribution in [0.3, 0.4) is 0 Å². The average Bonchev–Trinajstić information content (AvgIpc) is 2.21. The third-order valence-electron chi connectivity index (χ3n) is 3.82. The standard InChI is InChI=1S/C15H22ClN/c1-11-5-4-6-12(2)15(11)10-17(3)9-13-7-14(16)8-13/h4-6,13-14H,7-10H2,1-3H3. The van der Waals surface area contributed by atoms with Crippen molar-refractivity contribution in [3.63, 3.8) is 0 Å². The van der Waals surface area contributed by atoms with E-state index in [2.05, 4.69) is 44.0 Å². The Morgan fingerprint density at radius 2 is 1.82 bits per heavy atom. The fourth-order valence-electron chi connectivity index (χ4n) is 2.68. The molecular weight excluding hydrogens is 230 g/mol. The Bertz CT molecular complexity index is 362. The minimum atomic E-state index is 0.439. The topological polar surface area (TPSA) is 3.24 Å². The largest absolute Gasteiger partial charge is 0.302 e. The predicted octanol–water partition coefficient (Wildman–Crippen LogP) is 3.75.